The van der Waals surface area contributed by atoms with Gasteiger partial charge < -0.3 is 5.32 Å². The van der Waals surface area contributed by atoms with Gasteiger partial charge in [0.15, 0.2) is 10.8 Å². The molecule has 0 spiro atoms. The summed E-state index contributed by atoms with van der Waals surface area (Å²) in [6.07, 6.45) is 2.76. The van der Waals surface area contributed by atoms with E-state index in [4.69, 9.17) is 0 Å². The van der Waals surface area contributed by atoms with Crippen LogP contribution in [-0.4, -0.2) is 25.7 Å². The Kier molecular flexibility index (Phi) is 5.75. The second kappa shape index (κ2) is 7.86. The molecule has 0 unspecified atom stereocenters. The highest BCUT2D eigenvalue weighted by Gasteiger charge is 2.31. The molecule has 3 aromatic rings. The molecule has 136 valence electrons. The van der Waals surface area contributed by atoms with Gasteiger partial charge in [0, 0.05) is 41.5 Å². The summed E-state index contributed by atoms with van der Waals surface area (Å²) in [4.78, 5) is 15.8. The number of hydrogen-bond acceptors (Lipinski definition) is 6. The van der Waals surface area contributed by atoms with E-state index < -0.39 is 9.69 Å². The van der Waals surface area contributed by atoms with Crippen molar-refractivity contribution in [1.29, 1.82) is 0 Å². The van der Waals surface area contributed by atoms with E-state index in [1.807, 2.05) is 0 Å². The van der Waals surface area contributed by atoms with Crippen LogP contribution in [0.25, 0.3) is 11.0 Å². The maximum atomic E-state index is 13.7. The lowest BCUT2D eigenvalue weighted by Crippen LogP contribution is -2.13. The Bertz CT molecular complexity index is 922. The summed E-state index contributed by atoms with van der Waals surface area (Å²) < 4.78 is 49.5. The molecule has 3 heterocycles. The lowest BCUT2D eigenvalue weighted by atomic mass is 10.2. The third-order valence-corrected chi connectivity index (χ3v) is 4.33. The fourth-order valence-corrected chi connectivity index (χ4v) is 3.15. The molecule has 3 aromatic heterocycles. The number of nitrogens with one attached hydrogen (secondary N) is 1. The Morgan fingerprint density at radius 3 is 2.58 bits per heavy atom. The van der Waals surface area contributed by atoms with Gasteiger partial charge in [-0.1, -0.05) is 6.07 Å². The van der Waals surface area contributed by atoms with Crippen molar-refractivity contribution in [1.82, 2.24) is 19.9 Å². The summed E-state index contributed by atoms with van der Waals surface area (Å²) in [6, 6.07) is 6.36. The fourth-order valence-electron chi connectivity index (χ4n) is 2.22. The van der Waals surface area contributed by atoms with E-state index in [0.29, 0.717) is 5.39 Å². The second-order valence-electron chi connectivity index (χ2n) is 4.97. The summed E-state index contributed by atoms with van der Waals surface area (Å²) in [6.45, 7) is -0.0123. The first-order valence-electron chi connectivity index (χ1n) is 7.17. The van der Waals surface area contributed by atoms with E-state index in [9.17, 15) is 17.6 Å². The first-order chi connectivity index (χ1) is 12.3. The van der Waals surface area contributed by atoms with Gasteiger partial charge in [0.2, 0.25) is 0 Å². The molecule has 0 aliphatic rings. The van der Waals surface area contributed by atoms with Crippen molar-refractivity contribution in [3.05, 3.63) is 47.9 Å². The molecule has 26 heavy (non-hydrogen) atoms. The van der Waals surface area contributed by atoms with Crippen molar-refractivity contribution in [3.8, 4) is 0 Å². The summed E-state index contributed by atoms with van der Waals surface area (Å²) in [5, 5.41) is 3.25. The van der Waals surface area contributed by atoms with Gasteiger partial charge in [0.05, 0.1) is 5.39 Å². The number of halogens is 5. The Morgan fingerprint density at radius 1 is 1.12 bits per heavy atom. The summed E-state index contributed by atoms with van der Waals surface area (Å²) >= 11 is 1.20. The van der Waals surface area contributed by atoms with Crippen LogP contribution in [0.2, 0.25) is 0 Å². The van der Waals surface area contributed by atoms with Crippen molar-refractivity contribution in [2.75, 3.05) is 5.32 Å². The van der Waals surface area contributed by atoms with Crippen LogP contribution in [0.15, 0.2) is 41.8 Å². The first-order valence-corrected chi connectivity index (χ1v) is 9.13. The van der Waals surface area contributed by atoms with Crippen LogP contribution in [0.1, 0.15) is 11.3 Å². The van der Waals surface area contributed by atoms with Crippen molar-refractivity contribution in [2.24, 2.45) is 0 Å². The molecule has 0 aliphatic heterocycles. The average Bonchev–Trinajstić information content (AvgIpc) is 2.58. The van der Waals surface area contributed by atoms with Crippen molar-refractivity contribution in [3.63, 3.8) is 0 Å². The standard InChI is InChI=1S/C15H10F4IN5S/c16-13(17)26-14-24-11-9(4-2-6-22-11)12(25-14)23-7-8-3-1-5-21-10(8)15(18,19)20/h1-6,13H,7H2,(H,22,23,24,25). The molecule has 1 N–H and O–H groups in total. The molecule has 0 saturated heterocycles. The van der Waals surface area contributed by atoms with Crippen LogP contribution < -0.4 is 5.32 Å². The van der Waals surface area contributed by atoms with Crippen molar-refractivity contribution < 1.29 is 17.6 Å². The number of thioether (sulfide) groups is 1. The summed E-state index contributed by atoms with van der Waals surface area (Å²) in [5.41, 5.74) is 0.135. The molecule has 0 aliphatic carbocycles. The van der Waals surface area contributed by atoms with Gasteiger partial charge in [-0.15, -0.1) is 0 Å². The minimum Gasteiger partial charge on any atom is -0.365 e. The molecular formula is C15H10F4IN5S. The van der Waals surface area contributed by atoms with Crippen LogP contribution in [0, 0.1) is 0 Å². The molecule has 0 atom stereocenters. The Hall–Kier alpha value is -1.76. The Morgan fingerprint density at radius 2 is 1.85 bits per heavy atom. The minimum absolute atomic E-state index is 0.0123. The van der Waals surface area contributed by atoms with Gasteiger partial charge in [0.25, 0.3) is 5.76 Å². The number of nitrogens with zero attached hydrogens (tertiary/aromatic N) is 4. The number of rotatable bonds is 6. The number of anilines is 1. The second-order valence-corrected chi connectivity index (χ2v) is 7.28. The normalized spacial score (nSPS) is 11.9. The third-order valence-electron chi connectivity index (χ3n) is 3.25. The highest BCUT2D eigenvalue weighted by Crippen LogP contribution is 2.36. The molecule has 0 amide bonds. The molecule has 3 rings (SSSR count). The molecule has 5 nitrogen and oxygen atoms in total. The molecule has 0 saturated carbocycles. The quantitative estimate of drug-likeness (QED) is 0.174. The number of aromatic nitrogens is 4. The zero-order chi connectivity index (χ0) is 18.7. The van der Waals surface area contributed by atoms with Gasteiger partial charge in [-0.05, 0) is 35.5 Å². The highest BCUT2D eigenvalue weighted by molar-refractivity contribution is 14.1. The molecule has 11 heteroatoms. The maximum Gasteiger partial charge on any atom is 0.338 e. The maximum absolute atomic E-state index is 13.7. The zero-order valence-electron chi connectivity index (χ0n) is 12.8. The fraction of sp³-hybridized carbons (Fsp3) is 0.200. The van der Waals surface area contributed by atoms with Crippen molar-refractivity contribution >= 4 is 51.2 Å². The molecule has 0 fully saturated rings. The SMILES string of the molecule is FC(F)Sc1nc(NCc2cccnc2C(F)(F)I)c2cccnc2n1. The van der Waals surface area contributed by atoms with Crippen LogP contribution in [0.3, 0.4) is 0 Å². The highest BCUT2D eigenvalue weighted by atomic mass is 127. The smallest absolute Gasteiger partial charge is 0.338 e. The number of fused-ring (bicyclic) bond motifs is 1. The molecule has 0 radical (unpaired) electrons. The van der Waals surface area contributed by atoms with Gasteiger partial charge in [-0.2, -0.15) is 17.6 Å². The molecular weight excluding hydrogens is 485 g/mol. The van der Waals surface area contributed by atoms with Gasteiger partial charge in [0.1, 0.15) is 11.5 Å². The zero-order valence-corrected chi connectivity index (χ0v) is 15.8. The summed E-state index contributed by atoms with van der Waals surface area (Å²) in [7, 11) is 0. The first kappa shape index (κ1) is 19.0. The predicted octanol–water partition coefficient (Wildman–Crippen LogP) is 4.83. The monoisotopic (exact) mass is 495 g/mol. The van der Waals surface area contributed by atoms with E-state index >= 15 is 0 Å². The molecule has 0 aromatic carbocycles. The van der Waals surface area contributed by atoms with E-state index in [2.05, 4.69) is 25.3 Å². The molecule has 0 bridgehead atoms. The Labute approximate surface area is 163 Å². The van der Waals surface area contributed by atoms with Crippen LogP contribution >= 0.6 is 34.4 Å². The summed E-state index contributed by atoms with van der Waals surface area (Å²) in [5.74, 6) is -2.45. The number of hydrogen-bond donors (Lipinski definition) is 1. The van der Waals surface area contributed by atoms with Gasteiger partial charge >= 0.3 is 3.93 Å². The van der Waals surface area contributed by atoms with E-state index in [1.165, 1.54) is 18.5 Å². The van der Waals surface area contributed by atoms with Crippen LogP contribution in [-0.2, 0) is 10.5 Å². The number of pyridine rings is 2. The topological polar surface area (TPSA) is 63.6 Å². The minimum atomic E-state index is -3.14. The third kappa shape index (κ3) is 4.50. The van der Waals surface area contributed by atoms with Crippen LogP contribution in [0.5, 0.6) is 0 Å². The van der Waals surface area contributed by atoms with Crippen LogP contribution in [0.4, 0.5) is 23.4 Å². The largest absolute Gasteiger partial charge is 0.365 e. The van der Waals surface area contributed by atoms with E-state index in [-0.39, 0.29) is 46.2 Å². The van der Waals surface area contributed by atoms with E-state index in [1.54, 1.807) is 18.2 Å². The predicted molar refractivity (Wildman–Crippen MR) is 98.7 cm³/mol. The number of alkyl halides is 5. The lowest BCUT2D eigenvalue weighted by Gasteiger charge is -2.14. The average molecular weight is 495 g/mol. The lowest BCUT2D eigenvalue weighted by molar-refractivity contribution is 0.121. The Balaban J connectivity index is 1.94. The van der Waals surface area contributed by atoms with Gasteiger partial charge in [-0.3, -0.25) is 4.98 Å². The van der Waals surface area contributed by atoms with Gasteiger partial charge in [-0.25, -0.2) is 15.0 Å². The van der Waals surface area contributed by atoms with Crippen molar-refractivity contribution in [2.45, 2.75) is 21.4 Å². The van der Waals surface area contributed by atoms with E-state index in [0.717, 1.165) is 22.6 Å².